The van der Waals surface area contributed by atoms with Gasteiger partial charge in [-0.1, -0.05) is 37.3 Å². The van der Waals surface area contributed by atoms with Gasteiger partial charge in [0.15, 0.2) is 6.10 Å². The summed E-state index contributed by atoms with van der Waals surface area (Å²) in [6.07, 6.45) is -0.366. The van der Waals surface area contributed by atoms with E-state index in [-0.39, 0.29) is 5.82 Å². The molecule has 2 aromatic carbocycles. The summed E-state index contributed by atoms with van der Waals surface area (Å²) in [4.78, 5) is 24.4. The number of anilines is 1. The SMILES string of the molecule is CC[C@@H](C(=O)O[C@H](C)C(=O)Nc1ccc(F)cc1)c1ccccc1. The molecule has 0 unspecified atom stereocenters. The Kier molecular flexibility index (Phi) is 6.07. The molecule has 0 aliphatic heterocycles. The van der Waals surface area contributed by atoms with E-state index in [2.05, 4.69) is 5.32 Å². The van der Waals surface area contributed by atoms with Gasteiger partial charge in [0.2, 0.25) is 0 Å². The number of hydrogen-bond donors (Lipinski definition) is 1. The third kappa shape index (κ3) is 4.65. The number of ether oxygens (including phenoxy) is 1. The Morgan fingerprint density at radius 2 is 1.71 bits per heavy atom. The first-order chi connectivity index (χ1) is 11.5. The van der Waals surface area contributed by atoms with E-state index in [1.54, 1.807) is 0 Å². The Hall–Kier alpha value is -2.69. The molecule has 126 valence electrons. The Balaban J connectivity index is 1.97. The highest BCUT2D eigenvalue weighted by Crippen LogP contribution is 2.21. The maximum atomic E-state index is 12.9. The Morgan fingerprint density at radius 3 is 2.29 bits per heavy atom. The summed E-state index contributed by atoms with van der Waals surface area (Å²) < 4.78 is 18.2. The second kappa shape index (κ2) is 8.24. The molecule has 0 saturated carbocycles. The Labute approximate surface area is 140 Å². The number of nitrogens with one attached hydrogen (secondary N) is 1. The maximum Gasteiger partial charge on any atom is 0.314 e. The van der Waals surface area contributed by atoms with Gasteiger partial charge in [0, 0.05) is 5.69 Å². The van der Waals surface area contributed by atoms with Crippen molar-refractivity contribution >= 4 is 17.6 Å². The fraction of sp³-hybridized carbons (Fsp3) is 0.263. The van der Waals surface area contributed by atoms with Crippen LogP contribution in [0.2, 0.25) is 0 Å². The molecular weight excluding hydrogens is 309 g/mol. The fourth-order valence-corrected chi connectivity index (χ4v) is 2.31. The molecule has 0 heterocycles. The molecule has 1 N–H and O–H groups in total. The standard InChI is InChI=1S/C19H20FNO3/c1-3-17(14-7-5-4-6-8-14)19(23)24-13(2)18(22)21-16-11-9-15(20)10-12-16/h4-13,17H,3H2,1-2H3,(H,21,22)/t13-,17-/m1/s1. The van der Waals surface area contributed by atoms with E-state index in [1.807, 2.05) is 37.3 Å². The second-order valence-electron chi connectivity index (χ2n) is 5.45. The molecule has 0 aliphatic carbocycles. The smallest absolute Gasteiger partial charge is 0.314 e. The average molecular weight is 329 g/mol. The Morgan fingerprint density at radius 1 is 1.08 bits per heavy atom. The van der Waals surface area contributed by atoms with Gasteiger partial charge in [-0.3, -0.25) is 9.59 Å². The molecule has 0 aliphatic rings. The van der Waals surface area contributed by atoms with Crippen molar-refractivity contribution in [3.05, 3.63) is 66.0 Å². The number of amides is 1. The van der Waals surface area contributed by atoms with Gasteiger partial charge < -0.3 is 10.1 Å². The van der Waals surface area contributed by atoms with E-state index in [4.69, 9.17) is 4.74 Å². The highest BCUT2D eigenvalue weighted by atomic mass is 19.1. The van der Waals surface area contributed by atoms with Gasteiger partial charge in [-0.05, 0) is 43.2 Å². The van der Waals surface area contributed by atoms with Gasteiger partial charge >= 0.3 is 5.97 Å². The summed E-state index contributed by atoms with van der Waals surface area (Å²) in [6, 6.07) is 14.7. The topological polar surface area (TPSA) is 55.4 Å². The minimum absolute atomic E-state index is 0.388. The largest absolute Gasteiger partial charge is 0.452 e. The number of carbonyl (C=O) groups is 2. The molecule has 2 rings (SSSR count). The van der Waals surface area contributed by atoms with Crippen molar-refractivity contribution in [2.24, 2.45) is 0 Å². The van der Waals surface area contributed by atoms with Crippen molar-refractivity contribution < 1.29 is 18.7 Å². The van der Waals surface area contributed by atoms with Crippen LogP contribution in [0, 0.1) is 5.82 Å². The molecule has 0 fully saturated rings. The third-order valence-electron chi connectivity index (χ3n) is 3.67. The lowest BCUT2D eigenvalue weighted by Crippen LogP contribution is -2.31. The molecule has 2 aromatic rings. The van der Waals surface area contributed by atoms with E-state index >= 15 is 0 Å². The van der Waals surface area contributed by atoms with Gasteiger partial charge in [0.05, 0.1) is 5.92 Å². The van der Waals surface area contributed by atoms with Gasteiger partial charge in [0.25, 0.3) is 5.91 Å². The van der Waals surface area contributed by atoms with E-state index < -0.39 is 23.9 Å². The molecule has 1 amide bonds. The van der Waals surface area contributed by atoms with Gasteiger partial charge in [-0.2, -0.15) is 0 Å². The summed E-state index contributed by atoms with van der Waals surface area (Å²) >= 11 is 0. The van der Waals surface area contributed by atoms with Crippen LogP contribution in [0.4, 0.5) is 10.1 Å². The number of rotatable bonds is 6. The van der Waals surface area contributed by atoms with Crippen molar-refractivity contribution in [1.82, 2.24) is 0 Å². The molecule has 0 aromatic heterocycles. The molecule has 24 heavy (non-hydrogen) atoms. The molecule has 0 bridgehead atoms. The van der Waals surface area contributed by atoms with Crippen molar-refractivity contribution in [2.45, 2.75) is 32.3 Å². The summed E-state index contributed by atoms with van der Waals surface area (Å²) in [5.41, 5.74) is 1.30. The molecule has 2 atom stereocenters. The number of carbonyl (C=O) groups excluding carboxylic acids is 2. The first-order valence-corrected chi connectivity index (χ1v) is 7.83. The lowest BCUT2D eigenvalue weighted by molar-refractivity contribution is -0.154. The predicted octanol–water partition coefficient (Wildman–Crippen LogP) is 3.89. The minimum atomic E-state index is -0.944. The molecule has 0 radical (unpaired) electrons. The van der Waals surface area contributed by atoms with Crippen LogP contribution in [0.1, 0.15) is 31.7 Å². The number of benzene rings is 2. The van der Waals surface area contributed by atoms with Crippen LogP contribution in [-0.2, 0) is 14.3 Å². The third-order valence-corrected chi connectivity index (χ3v) is 3.67. The minimum Gasteiger partial charge on any atom is -0.452 e. The monoisotopic (exact) mass is 329 g/mol. The fourth-order valence-electron chi connectivity index (χ4n) is 2.31. The van der Waals surface area contributed by atoms with E-state index in [9.17, 15) is 14.0 Å². The van der Waals surface area contributed by atoms with E-state index in [0.717, 1.165) is 5.56 Å². The van der Waals surface area contributed by atoms with Crippen LogP contribution < -0.4 is 5.32 Å². The van der Waals surface area contributed by atoms with Crippen molar-refractivity contribution in [3.63, 3.8) is 0 Å². The Bertz CT molecular complexity index is 686. The van der Waals surface area contributed by atoms with Crippen molar-refractivity contribution in [1.29, 1.82) is 0 Å². The van der Waals surface area contributed by atoms with Crippen LogP contribution in [0.15, 0.2) is 54.6 Å². The molecule has 0 spiro atoms. The lowest BCUT2D eigenvalue weighted by Gasteiger charge is -2.18. The lowest BCUT2D eigenvalue weighted by atomic mass is 9.97. The molecule has 4 nitrogen and oxygen atoms in total. The highest BCUT2D eigenvalue weighted by molar-refractivity contribution is 5.95. The van der Waals surface area contributed by atoms with Crippen molar-refractivity contribution in [3.8, 4) is 0 Å². The summed E-state index contributed by atoms with van der Waals surface area (Å²) in [5.74, 6) is -1.70. The van der Waals surface area contributed by atoms with Crippen LogP contribution in [0.5, 0.6) is 0 Å². The predicted molar refractivity (Wildman–Crippen MR) is 90.1 cm³/mol. The summed E-state index contributed by atoms with van der Waals surface area (Å²) in [7, 11) is 0. The van der Waals surface area contributed by atoms with Gasteiger partial charge in [0.1, 0.15) is 5.82 Å². The first-order valence-electron chi connectivity index (χ1n) is 7.83. The highest BCUT2D eigenvalue weighted by Gasteiger charge is 2.25. The van der Waals surface area contributed by atoms with Crippen LogP contribution >= 0.6 is 0 Å². The average Bonchev–Trinajstić information content (AvgIpc) is 2.58. The quantitative estimate of drug-likeness (QED) is 0.818. The summed E-state index contributed by atoms with van der Waals surface area (Å²) in [5, 5.41) is 2.59. The first kappa shape index (κ1) is 17.7. The number of halogens is 1. The number of esters is 1. The normalized spacial score (nSPS) is 13.0. The molecule has 5 heteroatoms. The molecule has 0 saturated heterocycles. The van der Waals surface area contributed by atoms with Crippen molar-refractivity contribution in [2.75, 3.05) is 5.32 Å². The van der Waals surface area contributed by atoms with Crippen LogP contribution in [-0.4, -0.2) is 18.0 Å². The zero-order valence-electron chi connectivity index (χ0n) is 13.7. The van der Waals surface area contributed by atoms with Crippen LogP contribution in [0.3, 0.4) is 0 Å². The molecular formula is C19H20FNO3. The zero-order chi connectivity index (χ0) is 17.5. The maximum absolute atomic E-state index is 12.9. The van der Waals surface area contributed by atoms with E-state index in [0.29, 0.717) is 12.1 Å². The summed E-state index contributed by atoms with van der Waals surface area (Å²) in [6.45, 7) is 3.40. The number of hydrogen-bond acceptors (Lipinski definition) is 3. The second-order valence-corrected chi connectivity index (χ2v) is 5.45. The van der Waals surface area contributed by atoms with E-state index in [1.165, 1.54) is 31.2 Å². The zero-order valence-corrected chi connectivity index (χ0v) is 13.7. The van der Waals surface area contributed by atoms with Gasteiger partial charge in [-0.15, -0.1) is 0 Å². The van der Waals surface area contributed by atoms with Crippen LogP contribution in [0.25, 0.3) is 0 Å². The van der Waals surface area contributed by atoms with Gasteiger partial charge in [-0.25, -0.2) is 4.39 Å².